The average Bonchev–Trinajstić information content (AvgIpc) is 2.15. The van der Waals surface area contributed by atoms with Crippen molar-refractivity contribution >= 4 is 0 Å². The summed E-state index contributed by atoms with van der Waals surface area (Å²) < 4.78 is 5.88. The van der Waals surface area contributed by atoms with Gasteiger partial charge in [0.2, 0.25) is 0 Å². The molecule has 1 atom stereocenters. The molecule has 1 aromatic rings. The van der Waals surface area contributed by atoms with Crippen molar-refractivity contribution in [1.82, 2.24) is 0 Å². The minimum atomic E-state index is 0.0141. The summed E-state index contributed by atoms with van der Waals surface area (Å²) >= 11 is 0. The van der Waals surface area contributed by atoms with Gasteiger partial charge >= 0.3 is 0 Å². The monoisotopic (exact) mass is 235 g/mol. The van der Waals surface area contributed by atoms with Gasteiger partial charge in [-0.25, -0.2) is 0 Å². The summed E-state index contributed by atoms with van der Waals surface area (Å²) in [7, 11) is 0. The van der Waals surface area contributed by atoms with Crippen molar-refractivity contribution in [3.05, 3.63) is 29.3 Å². The Labute approximate surface area is 105 Å². The quantitative estimate of drug-likeness (QED) is 0.860. The fourth-order valence-corrected chi connectivity index (χ4v) is 1.61. The minimum Gasteiger partial charge on any atom is -0.493 e. The van der Waals surface area contributed by atoms with E-state index in [0.717, 1.165) is 24.3 Å². The van der Waals surface area contributed by atoms with Crippen LogP contribution in [0.2, 0.25) is 0 Å². The minimum absolute atomic E-state index is 0.0141. The number of aryl methyl sites for hydroxylation is 1. The lowest BCUT2D eigenvalue weighted by Gasteiger charge is -2.20. The molecule has 1 aromatic carbocycles. The molecule has 0 saturated heterocycles. The first kappa shape index (κ1) is 14.0. The Morgan fingerprint density at radius 3 is 2.47 bits per heavy atom. The maximum Gasteiger partial charge on any atom is 0.124 e. The molecule has 0 amide bonds. The lowest BCUT2D eigenvalue weighted by Crippen LogP contribution is -2.13. The maximum atomic E-state index is 5.94. The van der Waals surface area contributed by atoms with Crippen molar-refractivity contribution in [3.8, 4) is 5.75 Å². The van der Waals surface area contributed by atoms with Gasteiger partial charge < -0.3 is 10.5 Å². The van der Waals surface area contributed by atoms with Crippen LogP contribution in [0.15, 0.2) is 18.2 Å². The Kier molecular flexibility index (Phi) is 4.58. The lowest BCUT2D eigenvalue weighted by atomic mass is 9.93. The van der Waals surface area contributed by atoms with E-state index in [1.165, 1.54) is 5.56 Å². The zero-order valence-corrected chi connectivity index (χ0v) is 11.7. The molecule has 0 fully saturated rings. The van der Waals surface area contributed by atoms with Crippen molar-refractivity contribution < 1.29 is 4.74 Å². The van der Waals surface area contributed by atoms with Crippen LogP contribution in [0.4, 0.5) is 0 Å². The molecule has 2 N–H and O–H groups in total. The number of benzene rings is 1. The normalized spacial score (nSPS) is 13.5. The fourth-order valence-electron chi connectivity index (χ4n) is 1.61. The number of nitrogens with two attached hydrogens (primary N) is 1. The van der Waals surface area contributed by atoms with Crippen molar-refractivity contribution in [2.75, 3.05) is 6.61 Å². The SMILES string of the molecule is Cc1ccc(C(C)N)c(OCCC(C)(C)C)c1. The van der Waals surface area contributed by atoms with E-state index in [0.29, 0.717) is 5.41 Å². The number of ether oxygens (including phenoxy) is 1. The molecule has 0 aliphatic carbocycles. The molecule has 0 aliphatic rings. The molecule has 0 aliphatic heterocycles. The first-order valence-electron chi connectivity index (χ1n) is 6.28. The summed E-state index contributed by atoms with van der Waals surface area (Å²) in [4.78, 5) is 0. The van der Waals surface area contributed by atoms with E-state index in [1.54, 1.807) is 0 Å². The van der Waals surface area contributed by atoms with Gasteiger partial charge in [-0.3, -0.25) is 0 Å². The Morgan fingerprint density at radius 2 is 1.94 bits per heavy atom. The number of hydrogen-bond acceptors (Lipinski definition) is 2. The second-order valence-corrected chi connectivity index (χ2v) is 5.99. The van der Waals surface area contributed by atoms with Gasteiger partial charge in [0.05, 0.1) is 6.61 Å². The van der Waals surface area contributed by atoms with Crippen LogP contribution in [-0.2, 0) is 0 Å². The molecule has 96 valence electrons. The second-order valence-electron chi connectivity index (χ2n) is 5.99. The van der Waals surface area contributed by atoms with E-state index in [1.807, 2.05) is 6.92 Å². The summed E-state index contributed by atoms with van der Waals surface area (Å²) in [6, 6.07) is 6.23. The highest BCUT2D eigenvalue weighted by atomic mass is 16.5. The first-order chi connectivity index (χ1) is 7.79. The third-order valence-corrected chi connectivity index (χ3v) is 2.77. The largest absolute Gasteiger partial charge is 0.493 e. The molecular formula is C15H25NO. The zero-order chi connectivity index (χ0) is 13.1. The predicted octanol–water partition coefficient (Wildman–Crippen LogP) is 3.83. The van der Waals surface area contributed by atoms with Crippen molar-refractivity contribution in [1.29, 1.82) is 0 Å². The third-order valence-electron chi connectivity index (χ3n) is 2.77. The Bertz CT molecular complexity index is 364. The number of rotatable bonds is 4. The molecule has 0 radical (unpaired) electrons. The molecule has 0 saturated carbocycles. The molecular weight excluding hydrogens is 210 g/mol. The van der Waals surface area contributed by atoms with E-state index in [-0.39, 0.29) is 6.04 Å². The van der Waals surface area contributed by atoms with Crippen molar-refractivity contribution in [2.45, 2.75) is 47.1 Å². The van der Waals surface area contributed by atoms with Crippen molar-refractivity contribution in [3.63, 3.8) is 0 Å². The van der Waals surface area contributed by atoms with Crippen LogP contribution in [-0.4, -0.2) is 6.61 Å². The topological polar surface area (TPSA) is 35.2 Å². The van der Waals surface area contributed by atoms with Gasteiger partial charge in [0.1, 0.15) is 5.75 Å². The van der Waals surface area contributed by atoms with E-state index >= 15 is 0 Å². The van der Waals surface area contributed by atoms with Gasteiger partial charge in [-0.05, 0) is 37.3 Å². The number of hydrogen-bond donors (Lipinski definition) is 1. The summed E-state index contributed by atoms with van der Waals surface area (Å²) in [5.41, 5.74) is 8.54. The van der Waals surface area contributed by atoms with Gasteiger partial charge in [0.25, 0.3) is 0 Å². The van der Waals surface area contributed by atoms with E-state index in [2.05, 4.69) is 45.9 Å². The van der Waals surface area contributed by atoms with Gasteiger partial charge in [0.15, 0.2) is 0 Å². The van der Waals surface area contributed by atoms with E-state index in [4.69, 9.17) is 10.5 Å². The Hall–Kier alpha value is -1.02. The van der Waals surface area contributed by atoms with Crippen LogP contribution >= 0.6 is 0 Å². The highest BCUT2D eigenvalue weighted by molar-refractivity contribution is 5.38. The molecule has 0 aromatic heterocycles. The van der Waals surface area contributed by atoms with Gasteiger partial charge in [-0.1, -0.05) is 32.9 Å². The average molecular weight is 235 g/mol. The maximum absolute atomic E-state index is 5.94. The van der Waals surface area contributed by atoms with Gasteiger partial charge in [-0.15, -0.1) is 0 Å². The van der Waals surface area contributed by atoms with Crippen molar-refractivity contribution in [2.24, 2.45) is 11.1 Å². The standard InChI is InChI=1S/C15H25NO/c1-11-6-7-13(12(2)16)14(10-11)17-9-8-15(3,4)5/h6-7,10,12H,8-9,16H2,1-5H3. The Balaban J connectivity index is 2.72. The van der Waals surface area contributed by atoms with Crippen LogP contribution < -0.4 is 10.5 Å². The molecule has 0 bridgehead atoms. The predicted molar refractivity (Wildman–Crippen MR) is 73.3 cm³/mol. The molecule has 0 spiro atoms. The van der Waals surface area contributed by atoms with E-state index < -0.39 is 0 Å². The smallest absolute Gasteiger partial charge is 0.124 e. The second kappa shape index (κ2) is 5.54. The summed E-state index contributed by atoms with van der Waals surface area (Å²) in [6.45, 7) is 11.5. The Morgan fingerprint density at radius 1 is 1.29 bits per heavy atom. The summed E-state index contributed by atoms with van der Waals surface area (Å²) in [5.74, 6) is 0.934. The van der Waals surface area contributed by atoms with Crippen LogP contribution in [0, 0.1) is 12.3 Å². The van der Waals surface area contributed by atoms with Crippen LogP contribution in [0.3, 0.4) is 0 Å². The molecule has 2 nitrogen and oxygen atoms in total. The van der Waals surface area contributed by atoms with Crippen LogP contribution in [0.25, 0.3) is 0 Å². The van der Waals surface area contributed by atoms with Crippen LogP contribution in [0.5, 0.6) is 5.75 Å². The molecule has 1 unspecified atom stereocenters. The van der Waals surface area contributed by atoms with Gasteiger partial charge in [-0.2, -0.15) is 0 Å². The fraction of sp³-hybridized carbons (Fsp3) is 0.600. The van der Waals surface area contributed by atoms with Gasteiger partial charge in [0, 0.05) is 11.6 Å². The lowest BCUT2D eigenvalue weighted by molar-refractivity contribution is 0.240. The third kappa shape index (κ3) is 4.78. The van der Waals surface area contributed by atoms with Crippen LogP contribution in [0.1, 0.15) is 51.3 Å². The molecule has 2 heteroatoms. The molecule has 17 heavy (non-hydrogen) atoms. The first-order valence-corrected chi connectivity index (χ1v) is 6.28. The highest BCUT2D eigenvalue weighted by Crippen LogP contribution is 2.26. The zero-order valence-electron chi connectivity index (χ0n) is 11.7. The highest BCUT2D eigenvalue weighted by Gasteiger charge is 2.12. The van der Waals surface area contributed by atoms with E-state index in [9.17, 15) is 0 Å². The molecule has 1 rings (SSSR count). The summed E-state index contributed by atoms with van der Waals surface area (Å²) in [6.07, 6.45) is 1.04. The summed E-state index contributed by atoms with van der Waals surface area (Å²) in [5, 5.41) is 0. The molecule has 0 heterocycles.